The van der Waals surface area contributed by atoms with Crippen LogP contribution in [0.2, 0.25) is 0 Å². The number of nitrogens with two attached hydrogens (primary N) is 1. The van der Waals surface area contributed by atoms with E-state index in [9.17, 15) is 9.59 Å². The number of halogens is 2. The highest BCUT2D eigenvalue weighted by molar-refractivity contribution is 6.14. The summed E-state index contributed by atoms with van der Waals surface area (Å²) in [6.45, 7) is 7.73. The van der Waals surface area contributed by atoms with Crippen molar-refractivity contribution >= 4 is 36.5 Å². The molecule has 2 aromatic carbocycles. The van der Waals surface area contributed by atoms with Gasteiger partial charge in [0.15, 0.2) is 5.76 Å². The van der Waals surface area contributed by atoms with Crippen LogP contribution in [0.15, 0.2) is 59.9 Å². The molecular weight excluding hydrogens is 489 g/mol. The Labute approximate surface area is 219 Å². The summed E-state index contributed by atoms with van der Waals surface area (Å²) >= 11 is 0. The van der Waals surface area contributed by atoms with Gasteiger partial charge in [-0.25, -0.2) is 0 Å². The highest BCUT2D eigenvalue weighted by Gasteiger charge is 2.32. The molecule has 0 bridgehead atoms. The fraction of sp³-hybridized carbons (Fsp3) is 0.385. The number of nitrogens with zero attached hydrogens (tertiary/aromatic N) is 2. The standard InChI is InChI=1S/C26H31N3O4.2ClH/c1-18(2)25-24(30)23-21(9-6-10-22(23)33-25)32-16-15-28-11-13-29(14-12-28)26(31)20(27)17-19-7-4-3-5-8-19;;/h3-10,20H,11-17,27H2,1-2H3;2*1H/t20-;;/m0../s1. The number of ether oxygens (including phenoxy) is 2. The van der Waals surface area contributed by atoms with E-state index in [1.807, 2.05) is 55.1 Å². The van der Waals surface area contributed by atoms with Crippen LogP contribution in [0.1, 0.15) is 29.8 Å². The second kappa shape index (κ2) is 12.9. The van der Waals surface area contributed by atoms with E-state index in [0.717, 1.165) is 24.2 Å². The predicted octanol–water partition coefficient (Wildman–Crippen LogP) is 3.49. The Bertz CT molecular complexity index is 1050. The Morgan fingerprint density at radius 3 is 2.37 bits per heavy atom. The van der Waals surface area contributed by atoms with Gasteiger partial charge in [-0.1, -0.05) is 36.4 Å². The monoisotopic (exact) mass is 521 g/mol. The summed E-state index contributed by atoms with van der Waals surface area (Å²) < 4.78 is 11.7. The first-order valence-electron chi connectivity index (χ1n) is 11.4. The minimum atomic E-state index is -0.520. The van der Waals surface area contributed by atoms with Gasteiger partial charge in [-0.05, 0) is 43.5 Å². The third kappa shape index (κ3) is 6.76. The average Bonchev–Trinajstić information content (AvgIpc) is 3.17. The van der Waals surface area contributed by atoms with Gasteiger partial charge in [0.1, 0.15) is 23.7 Å². The lowest BCUT2D eigenvalue weighted by molar-refractivity contribution is -0.134. The molecule has 35 heavy (non-hydrogen) atoms. The number of fused-ring (bicyclic) bond motifs is 1. The van der Waals surface area contributed by atoms with E-state index in [0.29, 0.717) is 55.5 Å². The second-order valence-corrected chi connectivity index (χ2v) is 8.70. The summed E-state index contributed by atoms with van der Waals surface area (Å²) in [6, 6.07) is 14.8. The number of Topliss-reactive ketones (excluding diaryl/α,β-unsaturated/α-hetero) is 1. The highest BCUT2D eigenvalue weighted by atomic mass is 35.5. The molecule has 7 nitrogen and oxygen atoms in total. The van der Waals surface area contributed by atoms with Crippen molar-refractivity contribution in [1.82, 2.24) is 9.80 Å². The van der Waals surface area contributed by atoms with Crippen molar-refractivity contribution in [3.05, 3.63) is 71.0 Å². The molecule has 190 valence electrons. The van der Waals surface area contributed by atoms with Crippen molar-refractivity contribution in [1.29, 1.82) is 0 Å². The normalized spacial score (nSPS) is 15.9. The van der Waals surface area contributed by atoms with Crippen molar-refractivity contribution in [3.8, 4) is 11.5 Å². The van der Waals surface area contributed by atoms with Gasteiger partial charge in [-0.3, -0.25) is 14.5 Å². The second-order valence-electron chi connectivity index (χ2n) is 8.70. The smallest absolute Gasteiger partial charge is 0.239 e. The maximum atomic E-state index is 12.7. The molecule has 1 fully saturated rings. The molecule has 2 heterocycles. The molecule has 0 unspecified atom stereocenters. The van der Waals surface area contributed by atoms with Crippen LogP contribution in [-0.2, 0) is 11.2 Å². The molecule has 1 saturated heterocycles. The summed E-state index contributed by atoms with van der Waals surface area (Å²) in [6.07, 6.45) is 0.548. The van der Waals surface area contributed by atoms with E-state index in [1.165, 1.54) is 0 Å². The van der Waals surface area contributed by atoms with Crippen molar-refractivity contribution in [3.63, 3.8) is 0 Å². The SMILES string of the molecule is CC(C)=C1Oc2cccc(OCCN3CCN(C(=O)[C@@H](N)Cc4ccccc4)CC3)c2C1=O.Cl.Cl. The summed E-state index contributed by atoms with van der Waals surface area (Å²) in [7, 11) is 0. The van der Waals surface area contributed by atoms with Gasteiger partial charge in [0.2, 0.25) is 11.7 Å². The Hall–Kier alpha value is -2.58. The van der Waals surface area contributed by atoms with E-state index in [2.05, 4.69) is 4.90 Å². The Kier molecular flexibility index (Phi) is 10.6. The maximum absolute atomic E-state index is 12.7. The summed E-state index contributed by atoms with van der Waals surface area (Å²) in [5, 5.41) is 0. The molecule has 2 aliphatic heterocycles. The molecule has 1 amide bonds. The summed E-state index contributed by atoms with van der Waals surface area (Å²) in [5.74, 6) is 1.36. The van der Waals surface area contributed by atoms with Crippen LogP contribution in [-0.4, -0.2) is 66.9 Å². The molecule has 0 spiro atoms. The molecule has 0 aliphatic carbocycles. The minimum Gasteiger partial charge on any atom is -0.491 e. The number of ketones is 1. The third-order valence-electron chi connectivity index (χ3n) is 6.05. The average molecular weight is 522 g/mol. The highest BCUT2D eigenvalue weighted by Crippen LogP contribution is 2.38. The van der Waals surface area contributed by atoms with Gasteiger partial charge >= 0.3 is 0 Å². The molecule has 2 N–H and O–H groups in total. The Morgan fingerprint density at radius 1 is 1.03 bits per heavy atom. The van der Waals surface area contributed by atoms with Crippen molar-refractivity contribution in [2.24, 2.45) is 5.73 Å². The van der Waals surface area contributed by atoms with E-state index < -0.39 is 6.04 Å². The first-order chi connectivity index (χ1) is 15.9. The third-order valence-corrected chi connectivity index (χ3v) is 6.05. The van der Waals surface area contributed by atoms with Crippen LogP contribution in [0, 0.1) is 0 Å². The molecule has 4 rings (SSSR count). The number of piperazine rings is 1. The Morgan fingerprint density at radius 2 is 1.71 bits per heavy atom. The van der Waals surface area contributed by atoms with Crippen LogP contribution in [0.4, 0.5) is 0 Å². The van der Waals surface area contributed by atoms with Gasteiger partial charge in [0.05, 0.1) is 6.04 Å². The first-order valence-corrected chi connectivity index (χ1v) is 11.4. The van der Waals surface area contributed by atoms with Crippen molar-refractivity contribution < 1.29 is 19.1 Å². The fourth-order valence-electron chi connectivity index (χ4n) is 4.21. The molecule has 0 aromatic heterocycles. The van der Waals surface area contributed by atoms with Crippen LogP contribution in [0.25, 0.3) is 0 Å². The number of rotatable bonds is 7. The topological polar surface area (TPSA) is 85.1 Å². The van der Waals surface area contributed by atoms with Crippen LogP contribution >= 0.6 is 24.8 Å². The van der Waals surface area contributed by atoms with Crippen LogP contribution in [0.3, 0.4) is 0 Å². The van der Waals surface area contributed by atoms with Gasteiger partial charge in [0, 0.05) is 32.7 Å². The van der Waals surface area contributed by atoms with Crippen molar-refractivity contribution in [2.45, 2.75) is 26.3 Å². The largest absolute Gasteiger partial charge is 0.491 e. The lowest BCUT2D eigenvalue weighted by atomic mass is 10.1. The number of hydrogen-bond acceptors (Lipinski definition) is 6. The Balaban J connectivity index is 0.00000216. The number of carbonyl (C=O) groups is 2. The zero-order valence-corrected chi connectivity index (χ0v) is 21.7. The lowest BCUT2D eigenvalue weighted by Gasteiger charge is -2.35. The molecule has 1 atom stereocenters. The zero-order valence-electron chi connectivity index (χ0n) is 20.1. The van der Waals surface area contributed by atoms with E-state index >= 15 is 0 Å². The van der Waals surface area contributed by atoms with Gasteiger partial charge < -0.3 is 20.1 Å². The van der Waals surface area contributed by atoms with Gasteiger partial charge in [0.25, 0.3) is 0 Å². The quantitative estimate of drug-likeness (QED) is 0.561. The number of allylic oxidation sites excluding steroid dienone is 2. The van der Waals surface area contributed by atoms with Gasteiger partial charge in [-0.2, -0.15) is 0 Å². The first kappa shape index (κ1) is 28.7. The fourth-order valence-corrected chi connectivity index (χ4v) is 4.21. The number of amides is 1. The molecule has 0 saturated carbocycles. The van der Waals surface area contributed by atoms with Crippen LogP contribution in [0.5, 0.6) is 11.5 Å². The minimum absolute atomic E-state index is 0. The van der Waals surface area contributed by atoms with Gasteiger partial charge in [-0.15, -0.1) is 24.8 Å². The van der Waals surface area contributed by atoms with Crippen LogP contribution < -0.4 is 15.2 Å². The number of benzene rings is 2. The zero-order chi connectivity index (χ0) is 23.4. The predicted molar refractivity (Wildman–Crippen MR) is 141 cm³/mol. The molecule has 9 heteroatoms. The molecular formula is C26H33Cl2N3O4. The molecule has 2 aliphatic rings. The maximum Gasteiger partial charge on any atom is 0.239 e. The van der Waals surface area contributed by atoms with Crippen molar-refractivity contribution in [2.75, 3.05) is 39.3 Å². The molecule has 2 aromatic rings. The van der Waals surface area contributed by atoms with E-state index in [-0.39, 0.29) is 36.5 Å². The molecule has 0 radical (unpaired) electrons. The number of carbonyl (C=O) groups excluding carboxylic acids is 2. The lowest BCUT2D eigenvalue weighted by Crippen LogP contribution is -2.54. The van der Waals surface area contributed by atoms with E-state index in [1.54, 1.807) is 12.1 Å². The summed E-state index contributed by atoms with van der Waals surface area (Å²) in [5.41, 5.74) is 8.59. The van der Waals surface area contributed by atoms with E-state index in [4.69, 9.17) is 15.2 Å². The number of hydrogen-bond donors (Lipinski definition) is 1. The summed E-state index contributed by atoms with van der Waals surface area (Å²) in [4.78, 5) is 29.5.